The maximum absolute atomic E-state index is 11.1. The topological polar surface area (TPSA) is 34.1 Å². The summed E-state index contributed by atoms with van der Waals surface area (Å²) in [5.74, 6) is 0. The quantitative estimate of drug-likeness (QED) is 0.290. The van der Waals surface area contributed by atoms with Gasteiger partial charge in [-0.15, -0.1) is 0 Å². The van der Waals surface area contributed by atoms with Crippen molar-refractivity contribution < 1.29 is 9.59 Å². The van der Waals surface area contributed by atoms with Gasteiger partial charge in [-0.3, -0.25) is 9.59 Å². The summed E-state index contributed by atoms with van der Waals surface area (Å²) >= 11 is 0. The van der Waals surface area contributed by atoms with E-state index in [0.29, 0.717) is 11.1 Å². The zero-order chi connectivity index (χ0) is 24.6. The fourth-order valence-corrected chi connectivity index (χ4v) is 5.49. The Morgan fingerprint density at radius 3 is 1.03 bits per heavy atom. The molecule has 0 atom stereocenters. The molecule has 0 aliphatic rings. The van der Waals surface area contributed by atoms with Crippen molar-refractivity contribution >= 4 is 12.6 Å². The molecule has 0 amide bonds. The molecule has 0 saturated carbocycles. The normalized spacial score (nSPS) is 10.9. The monoisotopic (exact) mass is 446 g/mol. The van der Waals surface area contributed by atoms with E-state index in [9.17, 15) is 9.59 Å². The van der Waals surface area contributed by atoms with Crippen LogP contribution < -0.4 is 0 Å². The number of hydrogen-bond acceptors (Lipinski definition) is 2. The van der Waals surface area contributed by atoms with Crippen molar-refractivity contribution in [2.24, 2.45) is 0 Å². The van der Waals surface area contributed by atoms with Gasteiger partial charge in [0.2, 0.25) is 0 Å². The zero-order valence-electron chi connectivity index (χ0n) is 20.7. The Morgan fingerprint density at radius 1 is 0.441 bits per heavy atom. The lowest BCUT2D eigenvalue weighted by Crippen LogP contribution is -2.01. The third-order valence-corrected chi connectivity index (χ3v) is 6.86. The van der Waals surface area contributed by atoms with Crippen molar-refractivity contribution in [3.05, 3.63) is 105 Å². The average Bonchev–Trinajstić information content (AvgIpc) is 2.81. The van der Waals surface area contributed by atoms with Gasteiger partial charge < -0.3 is 0 Å². The molecular weight excluding hydrogens is 416 g/mol. The maximum Gasteiger partial charge on any atom is 0.150 e. The minimum atomic E-state index is 0.682. The predicted octanol–water partition coefficient (Wildman–Crippen LogP) is 8.16. The molecule has 0 fully saturated rings. The molecule has 0 aliphatic carbocycles. The zero-order valence-corrected chi connectivity index (χ0v) is 20.7. The van der Waals surface area contributed by atoms with Gasteiger partial charge in [0.05, 0.1) is 0 Å². The van der Waals surface area contributed by atoms with Crippen LogP contribution in [-0.4, -0.2) is 12.6 Å². The molecule has 0 unspecified atom stereocenters. The van der Waals surface area contributed by atoms with Crippen molar-refractivity contribution in [3.8, 4) is 33.4 Å². The van der Waals surface area contributed by atoms with Crippen LogP contribution in [0.3, 0.4) is 0 Å². The van der Waals surface area contributed by atoms with Crippen LogP contribution in [0.4, 0.5) is 0 Å². The maximum atomic E-state index is 11.1. The SMILES string of the molecule is Cc1cc(C)c(-c2c(C)cc(C)c(-c3ccc(C=O)cc3)c2C)c(C)c1-c1ccc(C=O)cc1. The van der Waals surface area contributed by atoms with Crippen molar-refractivity contribution in [1.29, 1.82) is 0 Å². The van der Waals surface area contributed by atoms with E-state index in [2.05, 4.69) is 53.7 Å². The minimum Gasteiger partial charge on any atom is -0.298 e. The highest BCUT2D eigenvalue weighted by atomic mass is 16.1. The third kappa shape index (κ3) is 4.01. The summed E-state index contributed by atoms with van der Waals surface area (Å²) in [5.41, 5.74) is 16.0. The molecule has 170 valence electrons. The van der Waals surface area contributed by atoms with Gasteiger partial charge >= 0.3 is 0 Å². The first-order valence-electron chi connectivity index (χ1n) is 11.6. The van der Waals surface area contributed by atoms with Gasteiger partial charge in [-0.2, -0.15) is 0 Å². The summed E-state index contributed by atoms with van der Waals surface area (Å²) in [4.78, 5) is 22.3. The number of aldehydes is 2. The summed E-state index contributed by atoms with van der Waals surface area (Å²) in [5, 5.41) is 0. The number of hydrogen-bond donors (Lipinski definition) is 0. The number of benzene rings is 4. The number of aryl methyl sites for hydroxylation is 4. The van der Waals surface area contributed by atoms with Crippen LogP contribution in [0.2, 0.25) is 0 Å². The molecule has 0 saturated heterocycles. The van der Waals surface area contributed by atoms with E-state index in [1.54, 1.807) is 0 Å². The summed E-state index contributed by atoms with van der Waals surface area (Å²) in [6.07, 6.45) is 1.76. The molecule has 34 heavy (non-hydrogen) atoms. The Morgan fingerprint density at radius 2 is 0.735 bits per heavy atom. The van der Waals surface area contributed by atoms with E-state index in [1.807, 2.05) is 48.5 Å². The molecule has 4 aromatic carbocycles. The van der Waals surface area contributed by atoms with Gasteiger partial charge in [0.15, 0.2) is 0 Å². The minimum absolute atomic E-state index is 0.682. The first-order chi connectivity index (χ1) is 16.3. The molecule has 0 bridgehead atoms. The van der Waals surface area contributed by atoms with Gasteiger partial charge in [-0.25, -0.2) is 0 Å². The molecular formula is C32H30O2. The van der Waals surface area contributed by atoms with Gasteiger partial charge in [0.1, 0.15) is 12.6 Å². The van der Waals surface area contributed by atoms with Crippen LogP contribution in [0.1, 0.15) is 54.1 Å². The second-order valence-electron chi connectivity index (χ2n) is 9.25. The lowest BCUT2D eigenvalue weighted by Gasteiger charge is -2.23. The highest BCUT2D eigenvalue weighted by molar-refractivity contribution is 5.90. The average molecular weight is 447 g/mol. The van der Waals surface area contributed by atoms with Crippen molar-refractivity contribution in [3.63, 3.8) is 0 Å². The first kappa shape index (κ1) is 23.4. The molecule has 4 aromatic rings. The molecule has 0 heterocycles. The van der Waals surface area contributed by atoms with Crippen LogP contribution in [0, 0.1) is 41.5 Å². The molecule has 0 radical (unpaired) electrons. The Hall–Kier alpha value is -3.78. The predicted molar refractivity (Wildman–Crippen MR) is 142 cm³/mol. The largest absolute Gasteiger partial charge is 0.298 e. The van der Waals surface area contributed by atoms with Crippen LogP contribution in [0.5, 0.6) is 0 Å². The Kier molecular flexibility index (Phi) is 6.34. The van der Waals surface area contributed by atoms with Crippen LogP contribution in [-0.2, 0) is 0 Å². The summed E-state index contributed by atoms with van der Waals surface area (Å²) in [6.45, 7) is 13.1. The molecule has 0 aliphatic heterocycles. The van der Waals surface area contributed by atoms with Crippen LogP contribution in [0.15, 0.2) is 60.7 Å². The van der Waals surface area contributed by atoms with Crippen molar-refractivity contribution in [2.45, 2.75) is 41.5 Å². The smallest absolute Gasteiger partial charge is 0.150 e. The summed E-state index contributed by atoms with van der Waals surface area (Å²) in [6, 6.07) is 20.2. The third-order valence-electron chi connectivity index (χ3n) is 6.86. The standard InChI is InChI=1S/C32H30O2/c1-19-15-21(3)31(23(5)29(19)27-11-7-25(17-33)8-12-27)32-22(4)16-20(2)30(24(32)6)28-13-9-26(18-34)10-14-28/h7-18H,1-6H3. The lowest BCUT2D eigenvalue weighted by atomic mass is 9.80. The second kappa shape index (κ2) is 9.23. The molecule has 2 nitrogen and oxygen atoms in total. The van der Waals surface area contributed by atoms with Gasteiger partial charge in [-0.05, 0) is 108 Å². The van der Waals surface area contributed by atoms with E-state index in [0.717, 1.165) is 23.7 Å². The van der Waals surface area contributed by atoms with E-state index in [-0.39, 0.29) is 0 Å². The summed E-state index contributed by atoms with van der Waals surface area (Å²) in [7, 11) is 0. The van der Waals surface area contributed by atoms with Crippen LogP contribution in [0.25, 0.3) is 33.4 Å². The van der Waals surface area contributed by atoms with Crippen LogP contribution >= 0.6 is 0 Å². The highest BCUT2D eigenvalue weighted by Crippen LogP contribution is 2.43. The molecule has 4 rings (SSSR count). The van der Waals surface area contributed by atoms with E-state index in [4.69, 9.17) is 0 Å². The van der Waals surface area contributed by atoms with E-state index >= 15 is 0 Å². The molecule has 0 N–H and O–H groups in total. The fourth-order valence-electron chi connectivity index (χ4n) is 5.49. The van der Waals surface area contributed by atoms with Crippen molar-refractivity contribution in [1.82, 2.24) is 0 Å². The van der Waals surface area contributed by atoms with Gasteiger partial charge in [-0.1, -0.05) is 60.7 Å². The Balaban J connectivity index is 1.99. The number of rotatable bonds is 5. The lowest BCUT2D eigenvalue weighted by molar-refractivity contribution is 0.111. The van der Waals surface area contributed by atoms with Gasteiger partial charge in [0.25, 0.3) is 0 Å². The van der Waals surface area contributed by atoms with Crippen molar-refractivity contribution in [2.75, 3.05) is 0 Å². The van der Waals surface area contributed by atoms with E-state index < -0.39 is 0 Å². The van der Waals surface area contributed by atoms with Gasteiger partial charge in [0, 0.05) is 11.1 Å². The number of carbonyl (C=O) groups is 2. The fraction of sp³-hybridized carbons (Fsp3) is 0.188. The molecule has 0 aromatic heterocycles. The summed E-state index contributed by atoms with van der Waals surface area (Å²) < 4.78 is 0. The Labute approximate surface area is 202 Å². The molecule has 2 heteroatoms. The highest BCUT2D eigenvalue weighted by Gasteiger charge is 2.20. The first-order valence-corrected chi connectivity index (χ1v) is 11.6. The number of carbonyl (C=O) groups excluding carboxylic acids is 2. The second-order valence-corrected chi connectivity index (χ2v) is 9.25. The van der Waals surface area contributed by atoms with E-state index in [1.165, 1.54) is 55.6 Å². The molecule has 0 spiro atoms. The Bertz CT molecular complexity index is 1290.